The second-order valence-electron chi connectivity index (χ2n) is 10.2. The number of pyridine rings is 1. The van der Waals surface area contributed by atoms with Crippen molar-refractivity contribution in [2.75, 3.05) is 13.6 Å². The number of carboxylic acid groups (broad SMARTS) is 1. The molecule has 0 bridgehead atoms. The van der Waals surface area contributed by atoms with Gasteiger partial charge in [-0.05, 0) is 34.9 Å². The zero-order chi connectivity index (χ0) is 24.9. The lowest BCUT2D eigenvalue weighted by molar-refractivity contribution is -0.151. The lowest BCUT2D eigenvalue weighted by Gasteiger charge is -2.34. The van der Waals surface area contributed by atoms with Crippen LogP contribution in [0.25, 0.3) is 10.9 Å². The van der Waals surface area contributed by atoms with Crippen LogP contribution in [0.3, 0.4) is 0 Å². The molecule has 2 aromatic carbocycles. The van der Waals surface area contributed by atoms with Crippen molar-refractivity contribution in [3.8, 4) is 0 Å². The second kappa shape index (κ2) is 8.48. The first kappa shape index (κ1) is 23.0. The van der Waals surface area contributed by atoms with Gasteiger partial charge in [-0.25, -0.2) is 9.78 Å². The van der Waals surface area contributed by atoms with E-state index < -0.39 is 18.1 Å². The number of aromatic nitrogens is 1. The van der Waals surface area contributed by atoms with Gasteiger partial charge in [-0.1, -0.05) is 68.4 Å². The third kappa shape index (κ3) is 3.95. The van der Waals surface area contributed by atoms with Crippen molar-refractivity contribution in [3.63, 3.8) is 0 Å². The van der Waals surface area contributed by atoms with Crippen molar-refractivity contribution >= 4 is 28.7 Å². The molecule has 7 heteroatoms. The summed E-state index contributed by atoms with van der Waals surface area (Å²) >= 11 is 0. The average molecular weight is 472 g/mol. The molecule has 1 saturated carbocycles. The number of para-hydroxylation sites is 1. The van der Waals surface area contributed by atoms with E-state index in [1.54, 1.807) is 11.0 Å². The van der Waals surface area contributed by atoms with Crippen LogP contribution in [-0.2, 0) is 16.0 Å². The van der Waals surface area contributed by atoms with Gasteiger partial charge in [0, 0.05) is 25.4 Å². The Balaban J connectivity index is 1.43. The number of hydrogen-bond acceptors (Lipinski definition) is 4. The van der Waals surface area contributed by atoms with E-state index in [2.05, 4.69) is 18.8 Å². The predicted octanol–water partition coefficient (Wildman–Crippen LogP) is 3.49. The monoisotopic (exact) mass is 471 g/mol. The maximum Gasteiger partial charge on any atom is 0.326 e. The van der Waals surface area contributed by atoms with E-state index in [4.69, 9.17) is 0 Å². The van der Waals surface area contributed by atoms with Gasteiger partial charge in [0.15, 0.2) is 0 Å². The molecule has 2 aliphatic rings. The third-order valence-corrected chi connectivity index (χ3v) is 7.91. The third-order valence-electron chi connectivity index (χ3n) is 7.91. The number of rotatable bonds is 6. The minimum absolute atomic E-state index is 0.00646. The lowest BCUT2D eigenvalue weighted by Crippen LogP contribution is -2.54. The van der Waals surface area contributed by atoms with E-state index in [0.717, 1.165) is 16.5 Å². The summed E-state index contributed by atoms with van der Waals surface area (Å²) in [6.45, 7) is 4.68. The number of likely N-dealkylation sites (N-methyl/N-ethyl adjacent to an activating group) is 1. The van der Waals surface area contributed by atoms with Gasteiger partial charge >= 0.3 is 5.97 Å². The Bertz CT molecular complexity index is 1310. The summed E-state index contributed by atoms with van der Waals surface area (Å²) in [6.07, 6.45) is 0.197. The molecule has 1 N–H and O–H groups in total. The zero-order valence-electron chi connectivity index (χ0n) is 20.1. The molecular formula is C28H29N3O4. The summed E-state index contributed by atoms with van der Waals surface area (Å²) in [5.74, 6) is -1.50. The van der Waals surface area contributed by atoms with E-state index in [1.807, 2.05) is 60.7 Å². The number of hydrogen-bond donors (Lipinski definition) is 1. The number of amides is 2. The summed E-state index contributed by atoms with van der Waals surface area (Å²) in [6, 6.07) is 18.7. The van der Waals surface area contributed by atoms with Gasteiger partial charge in [-0.3, -0.25) is 9.59 Å². The van der Waals surface area contributed by atoms with Gasteiger partial charge < -0.3 is 14.9 Å². The van der Waals surface area contributed by atoms with Crippen molar-refractivity contribution in [2.45, 2.75) is 32.4 Å². The van der Waals surface area contributed by atoms with Crippen molar-refractivity contribution in [2.24, 2.45) is 17.3 Å². The smallest absolute Gasteiger partial charge is 0.326 e. The molecule has 35 heavy (non-hydrogen) atoms. The van der Waals surface area contributed by atoms with E-state index in [9.17, 15) is 19.5 Å². The van der Waals surface area contributed by atoms with Crippen molar-refractivity contribution in [3.05, 3.63) is 78.0 Å². The lowest BCUT2D eigenvalue weighted by atomic mass is 9.98. The Kier molecular flexibility index (Phi) is 5.58. The maximum absolute atomic E-state index is 13.8. The van der Waals surface area contributed by atoms with Gasteiger partial charge in [0.2, 0.25) is 5.91 Å². The normalized spacial score (nSPS) is 22.9. The van der Waals surface area contributed by atoms with Gasteiger partial charge in [0.05, 0.1) is 5.52 Å². The molecule has 180 valence electrons. The summed E-state index contributed by atoms with van der Waals surface area (Å²) in [5, 5.41) is 10.9. The Morgan fingerprint density at radius 1 is 1.06 bits per heavy atom. The van der Waals surface area contributed by atoms with Crippen LogP contribution in [0.5, 0.6) is 0 Å². The quantitative estimate of drug-likeness (QED) is 0.594. The van der Waals surface area contributed by atoms with Gasteiger partial charge in [0.25, 0.3) is 5.91 Å². The predicted molar refractivity (Wildman–Crippen MR) is 132 cm³/mol. The molecule has 2 heterocycles. The number of carboxylic acids is 1. The summed E-state index contributed by atoms with van der Waals surface area (Å²) in [5.41, 5.74) is 1.77. The summed E-state index contributed by atoms with van der Waals surface area (Å²) in [4.78, 5) is 47.0. The van der Waals surface area contributed by atoms with Gasteiger partial charge in [-0.15, -0.1) is 0 Å². The summed E-state index contributed by atoms with van der Waals surface area (Å²) in [7, 11) is 1.53. The maximum atomic E-state index is 13.8. The highest BCUT2D eigenvalue weighted by Crippen LogP contribution is 2.65. The number of benzene rings is 2. The first-order chi connectivity index (χ1) is 16.7. The molecule has 2 fully saturated rings. The van der Waals surface area contributed by atoms with E-state index in [-0.39, 0.29) is 35.5 Å². The Morgan fingerprint density at radius 3 is 2.46 bits per heavy atom. The van der Waals surface area contributed by atoms with Crippen molar-refractivity contribution in [1.82, 2.24) is 14.8 Å². The van der Waals surface area contributed by atoms with E-state index in [0.29, 0.717) is 12.2 Å². The molecule has 0 radical (unpaired) electrons. The highest BCUT2D eigenvalue weighted by Gasteiger charge is 2.69. The molecule has 0 spiro atoms. The number of likely N-dealkylation sites (tertiary alicyclic amines) is 1. The molecule has 1 unspecified atom stereocenters. The van der Waals surface area contributed by atoms with Crippen LogP contribution in [0.1, 0.15) is 29.9 Å². The van der Waals surface area contributed by atoms with Gasteiger partial charge in [-0.2, -0.15) is 0 Å². The standard InChI is InChI=1S/C28H29N3O4/c1-28(2)19-16-31(25(32)21-14-13-18-11-7-8-12-20(18)29-21)24(23(19)28)26(33)30(3)22(27(34)35)15-17-9-5-4-6-10-17/h4-14,19,22-24H,15-16H2,1-3H3,(H,34,35)/t19-,22-,23-,24?/m0/s1. The SMILES string of the molecule is CN(C(=O)C1[C@@H]2[C@H](CN1C(=O)c1ccc3ccccc3n1)C2(C)C)[C@@H](Cc1ccccc1)C(=O)O. The minimum Gasteiger partial charge on any atom is -0.480 e. The number of carbonyl (C=O) groups is 3. The Hall–Kier alpha value is -3.74. The number of aliphatic carboxylic acids is 1. The number of nitrogens with zero attached hydrogens (tertiary/aromatic N) is 3. The number of carbonyl (C=O) groups excluding carboxylic acids is 2. The zero-order valence-corrected chi connectivity index (χ0v) is 20.1. The molecule has 5 rings (SSSR count). The molecule has 1 aliphatic heterocycles. The number of fused-ring (bicyclic) bond motifs is 2. The second-order valence-corrected chi connectivity index (χ2v) is 10.2. The fraction of sp³-hybridized carbons (Fsp3) is 0.357. The fourth-order valence-corrected chi connectivity index (χ4v) is 5.70. The largest absolute Gasteiger partial charge is 0.480 e. The molecule has 1 aliphatic carbocycles. The summed E-state index contributed by atoms with van der Waals surface area (Å²) < 4.78 is 0. The average Bonchev–Trinajstić information content (AvgIpc) is 3.18. The minimum atomic E-state index is -1.07. The van der Waals surface area contributed by atoms with Crippen LogP contribution in [0, 0.1) is 17.3 Å². The van der Waals surface area contributed by atoms with Crippen LogP contribution >= 0.6 is 0 Å². The van der Waals surface area contributed by atoms with E-state index in [1.165, 1.54) is 11.9 Å². The molecule has 1 aromatic heterocycles. The van der Waals surface area contributed by atoms with Crippen LogP contribution in [0.4, 0.5) is 0 Å². The molecule has 4 atom stereocenters. The van der Waals surface area contributed by atoms with Crippen molar-refractivity contribution < 1.29 is 19.5 Å². The topological polar surface area (TPSA) is 90.8 Å². The highest BCUT2D eigenvalue weighted by atomic mass is 16.4. The Labute approximate surface area is 204 Å². The molecule has 3 aromatic rings. The van der Waals surface area contributed by atoms with Gasteiger partial charge in [0.1, 0.15) is 17.8 Å². The highest BCUT2D eigenvalue weighted by molar-refractivity contribution is 5.99. The number of piperidine rings is 1. The molecule has 1 saturated heterocycles. The molecule has 7 nitrogen and oxygen atoms in total. The first-order valence-electron chi connectivity index (χ1n) is 11.9. The molecular weight excluding hydrogens is 442 g/mol. The van der Waals surface area contributed by atoms with E-state index >= 15 is 0 Å². The fourth-order valence-electron chi connectivity index (χ4n) is 5.70. The first-order valence-corrected chi connectivity index (χ1v) is 11.9. The van der Waals surface area contributed by atoms with Crippen LogP contribution < -0.4 is 0 Å². The van der Waals surface area contributed by atoms with Crippen LogP contribution in [0.2, 0.25) is 0 Å². The van der Waals surface area contributed by atoms with Crippen LogP contribution in [-0.4, -0.2) is 63.4 Å². The molecule has 2 amide bonds. The van der Waals surface area contributed by atoms with Crippen LogP contribution in [0.15, 0.2) is 66.7 Å². The van der Waals surface area contributed by atoms with Crippen molar-refractivity contribution in [1.29, 1.82) is 0 Å². The Morgan fingerprint density at radius 2 is 1.74 bits per heavy atom.